The standard InChI is InChI=1S/C14H10N2O4/c1-8-2-4-10(20-8)7-12-11-6-9(16(18)19)3-5-13(11)15-14(12)17/h2-7H,1H3,(H,15,17)/b12-7-. The Balaban J connectivity index is 2.10. The molecular formula is C14H10N2O4. The summed E-state index contributed by atoms with van der Waals surface area (Å²) in [5, 5.41) is 13.5. The summed E-state index contributed by atoms with van der Waals surface area (Å²) in [7, 11) is 0. The highest BCUT2D eigenvalue weighted by Gasteiger charge is 2.26. The van der Waals surface area contributed by atoms with Crippen LogP contribution in [0.3, 0.4) is 0 Å². The van der Waals surface area contributed by atoms with Crippen LogP contribution in [0.2, 0.25) is 0 Å². The number of nitro benzene ring substituents is 1. The molecular weight excluding hydrogens is 260 g/mol. The van der Waals surface area contributed by atoms with Crippen LogP contribution < -0.4 is 5.32 Å². The highest BCUT2D eigenvalue weighted by atomic mass is 16.6. The van der Waals surface area contributed by atoms with Gasteiger partial charge in [0, 0.05) is 23.4 Å². The number of nitro groups is 1. The predicted molar refractivity (Wildman–Crippen MR) is 73.0 cm³/mol. The molecule has 1 N–H and O–H groups in total. The monoisotopic (exact) mass is 270 g/mol. The second kappa shape index (κ2) is 4.34. The van der Waals surface area contributed by atoms with Crippen LogP contribution in [-0.4, -0.2) is 10.8 Å². The highest BCUT2D eigenvalue weighted by molar-refractivity contribution is 6.34. The molecule has 0 spiro atoms. The molecule has 0 atom stereocenters. The number of non-ortho nitro benzene ring substituents is 1. The number of amides is 1. The number of carbonyl (C=O) groups excluding carboxylic acids is 1. The van der Waals surface area contributed by atoms with E-state index in [4.69, 9.17) is 4.42 Å². The summed E-state index contributed by atoms with van der Waals surface area (Å²) < 4.78 is 5.40. The molecule has 0 fully saturated rings. The van der Waals surface area contributed by atoms with E-state index in [1.54, 1.807) is 25.1 Å². The van der Waals surface area contributed by atoms with E-state index >= 15 is 0 Å². The number of nitrogens with zero attached hydrogens (tertiary/aromatic N) is 1. The Kier molecular flexibility index (Phi) is 2.64. The zero-order chi connectivity index (χ0) is 14.3. The molecule has 1 aliphatic heterocycles. The lowest BCUT2D eigenvalue weighted by Gasteiger charge is -1.98. The Hall–Kier alpha value is -2.89. The van der Waals surface area contributed by atoms with Crippen molar-refractivity contribution >= 4 is 28.9 Å². The van der Waals surface area contributed by atoms with E-state index in [9.17, 15) is 14.9 Å². The minimum absolute atomic E-state index is 0.0539. The highest BCUT2D eigenvalue weighted by Crippen LogP contribution is 2.35. The molecule has 0 aliphatic carbocycles. The Morgan fingerprint density at radius 3 is 2.75 bits per heavy atom. The molecule has 100 valence electrons. The normalized spacial score (nSPS) is 15.2. The molecule has 2 aromatic rings. The quantitative estimate of drug-likeness (QED) is 0.516. The number of rotatable bonds is 2. The molecule has 2 heterocycles. The molecule has 3 rings (SSSR count). The number of aryl methyl sites for hydroxylation is 1. The van der Waals surface area contributed by atoms with E-state index in [2.05, 4.69) is 5.32 Å². The van der Waals surface area contributed by atoms with Gasteiger partial charge >= 0.3 is 0 Å². The van der Waals surface area contributed by atoms with Crippen LogP contribution in [0.15, 0.2) is 34.7 Å². The lowest BCUT2D eigenvalue weighted by atomic mass is 10.1. The van der Waals surface area contributed by atoms with E-state index < -0.39 is 4.92 Å². The number of benzene rings is 1. The second-order valence-corrected chi connectivity index (χ2v) is 4.45. The van der Waals surface area contributed by atoms with Crippen LogP contribution in [0.25, 0.3) is 11.6 Å². The van der Waals surface area contributed by atoms with Crippen LogP contribution in [0.4, 0.5) is 11.4 Å². The maximum Gasteiger partial charge on any atom is 0.270 e. The van der Waals surface area contributed by atoms with Gasteiger partial charge in [-0.3, -0.25) is 14.9 Å². The van der Waals surface area contributed by atoms with Gasteiger partial charge in [0.1, 0.15) is 11.5 Å². The molecule has 1 aliphatic rings. The van der Waals surface area contributed by atoms with E-state index in [0.717, 1.165) is 5.76 Å². The zero-order valence-corrected chi connectivity index (χ0v) is 10.5. The van der Waals surface area contributed by atoms with Crippen molar-refractivity contribution in [3.63, 3.8) is 0 Å². The molecule has 0 saturated heterocycles. The van der Waals surface area contributed by atoms with Crippen LogP contribution in [0.1, 0.15) is 17.1 Å². The van der Waals surface area contributed by atoms with Gasteiger partial charge in [-0.2, -0.15) is 0 Å². The smallest absolute Gasteiger partial charge is 0.270 e. The summed E-state index contributed by atoms with van der Waals surface area (Å²) in [6.45, 7) is 1.80. The van der Waals surface area contributed by atoms with Crippen LogP contribution in [-0.2, 0) is 4.79 Å². The maximum atomic E-state index is 11.9. The van der Waals surface area contributed by atoms with Crippen molar-refractivity contribution in [3.05, 3.63) is 57.5 Å². The molecule has 20 heavy (non-hydrogen) atoms. The van der Waals surface area contributed by atoms with Crippen molar-refractivity contribution in [2.75, 3.05) is 5.32 Å². The molecule has 0 bridgehead atoms. The van der Waals surface area contributed by atoms with Crippen molar-refractivity contribution in [1.82, 2.24) is 0 Å². The van der Waals surface area contributed by atoms with E-state index in [-0.39, 0.29) is 11.6 Å². The fraction of sp³-hybridized carbons (Fsp3) is 0.0714. The van der Waals surface area contributed by atoms with Crippen LogP contribution >= 0.6 is 0 Å². The third-order valence-corrected chi connectivity index (χ3v) is 3.04. The van der Waals surface area contributed by atoms with Crippen LogP contribution in [0, 0.1) is 17.0 Å². The lowest BCUT2D eigenvalue weighted by Crippen LogP contribution is -2.03. The molecule has 0 unspecified atom stereocenters. The van der Waals surface area contributed by atoms with Gasteiger partial charge in [0.2, 0.25) is 0 Å². The fourth-order valence-corrected chi connectivity index (χ4v) is 2.11. The number of fused-ring (bicyclic) bond motifs is 1. The molecule has 1 aromatic heterocycles. The minimum atomic E-state index is -0.488. The Labute approximate surface area is 113 Å². The maximum absolute atomic E-state index is 11.9. The first-order chi connectivity index (χ1) is 9.54. The second-order valence-electron chi connectivity index (χ2n) is 4.45. The Morgan fingerprint density at radius 2 is 2.10 bits per heavy atom. The van der Waals surface area contributed by atoms with E-state index in [1.807, 2.05) is 0 Å². The summed E-state index contributed by atoms with van der Waals surface area (Å²) in [4.78, 5) is 22.3. The lowest BCUT2D eigenvalue weighted by molar-refractivity contribution is -0.384. The third kappa shape index (κ3) is 1.97. The van der Waals surface area contributed by atoms with Gasteiger partial charge < -0.3 is 9.73 Å². The van der Waals surface area contributed by atoms with Crippen molar-refractivity contribution in [3.8, 4) is 0 Å². The number of hydrogen-bond donors (Lipinski definition) is 1. The first-order valence-electron chi connectivity index (χ1n) is 5.93. The molecule has 0 radical (unpaired) electrons. The van der Waals surface area contributed by atoms with Crippen LogP contribution in [0.5, 0.6) is 0 Å². The Bertz CT molecular complexity index is 758. The van der Waals surface area contributed by atoms with Gasteiger partial charge in [-0.15, -0.1) is 0 Å². The summed E-state index contributed by atoms with van der Waals surface area (Å²) in [5.74, 6) is 0.969. The summed E-state index contributed by atoms with van der Waals surface area (Å²) in [6.07, 6.45) is 1.58. The average molecular weight is 270 g/mol. The van der Waals surface area contributed by atoms with Crippen molar-refractivity contribution in [2.45, 2.75) is 6.92 Å². The van der Waals surface area contributed by atoms with Gasteiger partial charge in [-0.1, -0.05) is 0 Å². The van der Waals surface area contributed by atoms with Gasteiger partial charge in [-0.25, -0.2) is 0 Å². The number of furan rings is 1. The number of hydrogen-bond acceptors (Lipinski definition) is 4. The molecule has 6 nitrogen and oxygen atoms in total. The fourth-order valence-electron chi connectivity index (χ4n) is 2.11. The minimum Gasteiger partial charge on any atom is -0.462 e. The largest absolute Gasteiger partial charge is 0.462 e. The molecule has 0 saturated carbocycles. The number of nitrogens with one attached hydrogen (secondary N) is 1. The van der Waals surface area contributed by atoms with Crippen molar-refractivity contribution in [1.29, 1.82) is 0 Å². The van der Waals surface area contributed by atoms with Gasteiger partial charge in [0.25, 0.3) is 11.6 Å². The van der Waals surface area contributed by atoms with E-state index in [1.165, 1.54) is 18.2 Å². The number of anilines is 1. The summed E-state index contributed by atoms with van der Waals surface area (Å²) in [6, 6.07) is 7.80. The van der Waals surface area contributed by atoms with Gasteiger partial charge in [-0.05, 0) is 31.2 Å². The average Bonchev–Trinajstić information content (AvgIpc) is 2.94. The topological polar surface area (TPSA) is 85.4 Å². The zero-order valence-electron chi connectivity index (χ0n) is 10.5. The van der Waals surface area contributed by atoms with Crippen molar-refractivity contribution < 1.29 is 14.1 Å². The number of carbonyl (C=O) groups is 1. The van der Waals surface area contributed by atoms with Gasteiger partial charge in [0.05, 0.1) is 10.5 Å². The van der Waals surface area contributed by atoms with Crippen molar-refractivity contribution in [2.24, 2.45) is 0 Å². The van der Waals surface area contributed by atoms with Gasteiger partial charge in [0.15, 0.2) is 0 Å². The summed E-state index contributed by atoms with van der Waals surface area (Å²) >= 11 is 0. The first-order valence-corrected chi connectivity index (χ1v) is 5.93. The summed E-state index contributed by atoms with van der Waals surface area (Å²) in [5.41, 5.74) is 1.38. The molecule has 1 aromatic carbocycles. The first kappa shape index (κ1) is 12.2. The molecule has 6 heteroatoms. The third-order valence-electron chi connectivity index (χ3n) is 3.04. The van der Waals surface area contributed by atoms with E-state index in [0.29, 0.717) is 22.6 Å². The Morgan fingerprint density at radius 1 is 1.30 bits per heavy atom. The molecule has 1 amide bonds. The SMILES string of the molecule is Cc1ccc(/C=C2\C(=O)Nc3ccc([N+](=O)[O-])cc32)o1. The predicted octanol–water partition coefficient (Wildman–Crippen LogP) is 2.99.